The molecule has 1 saturated heterocycles. The second kappa shape index (κ2) is 6.91. The quantitative estimate of drug-likeness (QED) is 0.525. The van der Waals surface area contributed by atoms with Crippen LogP contribution in [0.5, 0.6) is 0 Å². The third kappa shape index (κ3) is 4.55. The highest BCUT2D eigenvalue weighted by Crippen LogP contribution is 2.66. The van der Waals surface area contributed by atoms with Crippen LogP contribution in [0.1, 0.15) is 10.1 Å². The fourth-order valence-corrected chi connectivity index (χ4v) is 15.8. The van der Waals surface area contributed by atoms with Gasteiger partial charge in [-0.25, -0.2) is 3.63 Å². The van der Waals surface area contributed by atoms with E-state index in [0.717, 1.165) is 4.88 Å². The van der Waals surface area contributed by atoms with Gasteiger partial charge in [0.05, 0.1) is 26.5 Å². The molecule has 0 spiro atoms. The molecular formula is C13H21F3O4S3Si. The minimum absolute atomic E-state index is 0.188. The van der Waals surface area contributed by atoms with Crippen molar-refractivity contribution in [2.24, 2.45) is 0 Å². The Bertz CT molecular complexity index is 655. The number of halogens is 3. The molecule has 1 aromatic rings. The van der Waals surface area contributed by atoms with E-state index >= 15 is 0 Å². The first kappa shape index (κ1) is 20.2. The maximum absolute atomic E-state index is 12.9. The number of hydrogen-bond donors (Lipinski definition) is 0. The first-order valence-electron chi connectivity index (χ1n) is 7.27. The van der Waals surface area contributed by atoms with E-state index in [1.807, 2.05) is 25.0 Å². The van der Waals surface area contributed by atoms with Crippen molar-refractivity contribution in [2.45, 2.75) is 30.4 Å². The van der Waals surface area contributed by atoms with Gasteiger partial charge in [-0.2, -0.15) is 21.6 Å². The maximum Gasteiger partial charge on any atom is 0.523 e. The zero-order chi connectivity index (χ0) is 18.2. The predicted octanol–water partition coefficient (Wildman–Crippen LogP) is 4.28. The largest absolute Gasteiger partial charge is 0.523 e. The standard InChI is InChI=1S/C13H21F3O4S3Si/c1-24(2,3)10-22(20-23(17,18)13(14,15)16)8-6-19-9-12(22)11-5-4-7-21-11/h4-5,7,12H,6,8-10H2,1-3H3. The number of hydrogen-bond acceptors (Lipinski definition) is 5. The van der Waals surface area contributed by atoms with Gasteiger partial charge >= 0.3 is 15.6 Å². The summed E-state index contributed by atoms with van der Waals surface area (Å²) >= 11 is 1.39. The lowest BCUT2D eigenvalue weighted by Gasteiger charge is -2.49. The molecule has 0 aliphatic carbocycles. The van der Waals surface area contributed by atoms with Crippen LogP contribution in [0, 0.1) is 0 Å². The van der Waals surface area contributed by atoms with Gasteiger partial charge in [0.25, 0.3) is 0 Å². The summed E-state index contributed by atoms with van der Waals surface area (Å²) in [6, 6.07) is 3.60. The molecule has 0 N–H and O–H groups in total. The van der Waals surface area contributed by atoms with E-state index in [2.05, 4.69) is 0 Å². The van der Waals surface area contributed by atoms with Crippen LogP contribution in [0.3, 0.4) is 0 Å². The molecule has 0 saturated carbocycles. The van der Waals surface area contributed by atoms with Crippen LogP contribution in [0.2, 0.25) is 19.6 Å². The van der Waals surface area contributed by atoms with E-state index in [0.29, 0.717) is 5.38 Å². The Morgan fingerprint density at radius 3 is 2.58 bits per heavy atom. The third-order valence-electron chi connectivity index (χ3n) is 3.41. The lowest BCUT2D eigenvalue weighted by atomic mass is 10.3. The number of ether oxygens (including phenoxy) is 1. The summed E-state index contributed by atoms with van der Waals surface area (Å²) in [4.78, 5) is 0.820. The van der Waals surface area contributed by atoms with E-state index in [-0.39, 0.29) is 19.0 Å². The minimum Gasteiger partial charge on any atom is -0.379 e. The Kier molecular flexibility index (Phi) is 5.83. The Hall–Kier alpha value is -0.0731. The molecule has 1 aliphatic heterocycles. The van der Waals surface area contributed by atoms with Gasteiger partial charge in [-0.3, -0.25) is 0 Å². The van der Waals surface area contributed by atoms with Crippen LogP contribution in [-0.2, 0) is 18.5 Å². The lowest BCUT2D eigenvalue weighted by Crippen LogP contribution is -2.41. The molecule has 0 bridgehead atoms. The molecule has 2 unspecified atom stereocenters. The van der Waals surface area contributed by atoms with Crippen molar-refractivity contribution in [3.05, 3.63) is 22.4 Å². The molecule has 1 aromatic heterocycles. The van der Waals surface area contributed by atoms with Crippen molar-refractivity contribution in [2.75, 3.05) is 24.3 Å². The van der Waals surface area contributed by atoms with Gasteiger partial charge < -0.3 is 4.74 Å². The van der Waals surface area contributed by atoms with E-state index < -0.39 is 39.3 Å². The molecule has 11 heteroatoms. The zero-order valence-corrected chi connectivity index (χ0v) is 17.1. The van der Waals surface area contributed by atoms with Crippen molar-refractivity contribution in [1.82, 2.24) is 0 Å². The van der Waals surface area contributed by atoms with Gasteiger partial charge in [-0.05, 0) is 16.8 Å². The number of alkyl halides is 3. The Morgan fingerprint density at radius 1 is 1.42 bits per heavy atom. The summed E-state index contributed by atoms with van der Waals surface area (Å²) in [6.45, 7) is 6.42. The van der Waals surface area contributed by atoms with Crippen molar-refractivity contribution >= 4 is 39.8 Å². The highest BCUT2D eigenvalue weighted by Gasteiger charge is 2.54. The summed E-state index contributed by atoms with van der Waals surface area (Å²) < 4.78 is 72.9. The van der Waals surface area contributed by atoms with Gasteiger partial charge in [0.15, 0.2) is 0 Å². The molecule has 24 heavy (non-hydrogen) atoms. The first-order valence-corrected chi connectivity index (χ1v) is 15.2. The minimum atomic E-state index is -5.64. The zero-order valence-electron chi connectivity index (χ0n) is 13.6. The molecule has 2 rings (SSSR count). The highest BCUT2D eigenvalue weighted by molar-refractivity contribution is 8.34. The summed E-state index contributed by atoms with van der Waals surface area (Å²) in [5.41, 5.74) is -5.41. The molecule has 4 nitrogen and oxygen atoms in total. The summed E-state index contributed by atoms with van der Waals surface area (Å²) in [5.74, 6) is 0.204. The van der Waals surface area contributed by atoms with Gasteiger partial charge in [-0.15, -0.1) is 21.6 Å². The number of thiophene rings is 1. The SMILES string of the molecule is C[Si](C)(C)CS1(OS(=O)(=O)C(F)(F)F)CCOCC1c1cccs1. The Balaban J connectivity index is 2.49. The van der Waals surface area contributed by atoms with E-state index in [1.165, 1.54) is 11.3 Å². The smallest absolute Gasteiger partial charge is 0.379 e. The fourth-order valence-electron chi connectivity index (χ4n) is 2.65. The monoisotopic (exact) mass is 422 g/mol. The summed E-state index contributed by atoms with van der Waals surface area (Å²) in [6.07, 6.45) is 0. The van der Waals surface area contributed by atoms with Crippen LogP contribution >= 0.6 is 21.6 Å². The first-order chi connectivity index (χ1) is 10.9. The normalized spacial score (nSPS) is 29.2. The molecule has 0 radical (unpaired) electrons. The molecule has 140 valence electrons. The Labute approximate surface area is 147 Å². The molecule has 1 fully saturated rings. The molecular weight excluding hydrogens is 401 g/mol. The molecule has 0 aromatic carbocycles. The molecule has 0 amide bonds. The number of rotatable bonds is 5. The average Bonchev–Trinajstić information content (AvgIpc) is 2.88. The van der Waals surface area contributed by atoms with E-state index in [4.69, 9.17) is 8.37 Å². The van der Waals surface area contributed by atoms with Crippen molar-refractivity contribution < 1.29 is 30.0 Å². The topological polar surface area (TPSA) is 52.6 Å². The average molecular weight is 423 g/mol. The highest BCUT2D eigenvalue weighted by atomic mass is 32.3. The van der Waals surface area contributed by atoms with Crippen molar-refractivity contribution in [1.29, 1.82) is 0 Å². The van der Waals surface area contributed by atoms with Crippen LogP contribution in [0.25, 0.3) is 0 Å². The Morgan fingerprint density at radius 2 is 2.08 bits per heavy atom. The second-order valence-electron chi connectivity index (χ2n) is 6.83. The van der Waals surface area contributed by atoms with Crippen molar-refractivity contribution in [3.8, 4) is 0 Å². The van der Waals surface area contributed by atoms with Crippen LogP contribution < -0.4 is 0 Å². The fraction of sp³-hybridized carbons (Fsp3) is 0.692. The summed E-state index contributed by atoms with van der Waals surface area (Å²) in [5, 5.41) is 1.76. The van der Waals surface area contributed by atoms with Gasteiger partial charge in [-0.1, -0.05) is 25.7 Å². The summed E-state index contributed by atoms with van der Waals surface area (Å²) in [7, 11) is -10.1. The van der Waals surface area contributed by atoms with E-state index in [9.17, 15) is 21.6 Å². The molecule has 1 aliphatic rings. The van der Waals surface area contributed by atoms with Crippen LogP contribution in [0.15, 0.2) is 17.5 Å². The molecule has 2 atom stereocenters. The van der Waals surface area contributed by atoms with E-state index in [1.54, 1.807) is 12.1 Å². The van der Waals surface area contributed by atoms with Crippen LogP contribution in [-0.4, -0.2) is 46.3 Å². The van der Waals surface area contributed by atoms with Gasteiger partial charge in [0.2, 0.25) is 0 Å². The maximum atomic E-state index is 12.9. The molecule has 2 heterocycles. The van der Waals surface area contributed by atoms with Gasteiger partial charge in [0, 0.05) is 10.6 Å². The van der Waals surface area contributed by atoms with Crippen LogP contribution in [0.4, 0.5) is 13.2 Å². The van der Waals surface area contributed by atoms with Gasteiger partial charge in [0.1, 0.15) is 0 Å². The van der Waals surface area contributed by atoms with Crippen molar-refractivity contribution in [3.63, 3.8) is 0 Å². The lowest BCUT2D eigenvalue weighted by molar-refractivity contribution is -0.0497. The predicted molar refractivity (Wildman–Crippen MR) is 94.6 cm³/mol. The second-order valence-corrected chi connectivity index (χ2v) is 18.7. The third-order valence-corrected chi connectivity index (χ3v) is 14.6.